The zero-order valence-corrected chi connectivity index (χ0v) is 14.1. The molecule has 0 aliphatic rings. The van der Waals surface area contributed by atoms with Crippen LogP contribution in [-0.4, -0.2) is 38.1 Å². The Morgan fingerprint density at radius 1 is 1.05 bits per heavy atom. The van der Waals surface area contributed by atoms with E-state index in [1.165, 1.54) is 0 Å². The third-order valence-corrected chi connectivity index (χ3v) is 5.07. The fraction of sp³-hybridized carbons (Fsp3) is 0.533. The highest BCUT2D eigenvalue weighted by atomic mass is 31.2. The van der Waals surface area contributed by atoms with Crippen LogP contribution in [0, 0.1) is 0 Å². The average Bonchev–Trinajstić information content (AvgIpc) is 2.49. The van der Waals surface area contributed by atoms with Crippen LogP contribution in [0.4, 0.5) is 0 Å². The fourth-order valence-corrected chi connectivity index (χ4v) is 3.54. The maximum Gasteiger partial charge on any atom is 0.348 e. The van der Waals surface area contributed by atoms with Gasteiger partial charge in [-0.05, 0) is 32.9 Å². The first kappa shape index (κ1) is 18.7. The van der Waals surface area contributed by atoms with Gasteiger partial charge in [0.05, 0.1) is 19.8 Å². The molecule has 6 nitrogen and oxygen atoms in total. The minimum atomic E-state index is -3.65. The van der Waals surface area contributed by atoms with Gasteiger partial charge in [-0.3, -0.25) is 9.36 Å². The number of hydrogen-bond donors (Lipinski definition) is 0. The summed E-state index contributed by atoms with van der Waals surface area (Å²) in [5.41, 5.74) is -1.12. The van der Waals surface area contributed by atoms with Crippen molar-refractivity contribution >= 4 is 13.6 Å². The number of rotatable bonds is 10. The molecule has 0 fully saturated rings. The van der Waals surface area contributed by atoms with Gasteiger partial charge in [-0.1, -0.05) is 18.2 Å². The molecule has 0 saturated heterocycles. The molecule has 0 aliphatic carbocycles. The lowest BCUT2D eigenvalue weighted by atomic mass is 10.3. The van der Waals surface area contributed by atoms with Gasteiger partial charge in [-0.2, -0.15) is 0 Å². The molecule has 22 heavy (non-hydrogen) atoms. The molecular formula is C15H23O6P. The predicted molar refractivity (Wildman–Crippen MR) is 83.2 cm³/mol. The summed E-state index contributed by atoms with van der Waals surface area (Å²) in [4.78, 5) is 12.1. The lowest BCUT2D eigenvalue weighted by Crippen LogP contribution is -2.31. The topological polar surface area (TPSA) is 71.1 Å². The van der Waals surface area contributed by atoms with Crippen LogP contribution in [0.25, 0.3) is 0 Å². The van der Waals surface area contributed by atoms with E-state index in [0.717, 1.165) is 0 Å². The summed E-state index contributed by atoms with van der Waals surface area (Å²) in [7, 11) is -3.65. The van der Waals surface area contributed by atoms with E-state index in [1.54, 1.807) is 45.0 Å². The van der Waals surface area contributed by atoms with Gasteiger partial charge in [0.2, 0.25) is 0 Å². The van der Waals surface area contributed by atoms with E-state index in [-0.39, 0.29) is 26.4 Å². The van der Waals surface area contributed by atoms with E-state index < -0.39 is 19.2 Å². The highest BCUT2D eigenvalue weighted by molar-refractivity contribution is 7.55. The van der Waals surface area contributed by atoms with Gasteiger partial charge in [-0.15, -0.1) is 0 Å². The predicted octanol–water partition coefficient (Wildman–Crippen LogP) is 3.26. The quantitative estimate of drug-likeness (QED) is 0.484. The van der Waals surface area contributed by atoms with E-state index in [1.807, 2.05) is 6.07 Å². The molecule has 0 amide bonds. The molecule has 0 heterocycles. The Morgan fingerprint density at radius 3 is 2.14 bits per heavy atom. The first-order chi connectivity index (χ1) is 10.6. The SMILES string of the molecule is CCOC(=O)C(COc1ccccc1)P(=O)(OCC)OCC. The molecule has 124 valence electrons. The van der Waals surface area contributed by atoms with Crippen LogP contribution in [0.15, 0.2) is 30.3 Å². The Morgan fingerprint density at radius 2 is 1.64 bits per heavy atom. The number of benzene rings is 1. The maximum absolute atomic E-state index is 12.8. The second-order valence-electron chi connectivity index (χ2n) is 4.27. The van der Waals surface area contributed by atoms with Crippen molar-refractivity contribution < 1.29 is 27.9 Å². The summed E-state index contributed by atoms with van der Waals surface area (Å²) < 4.78 is 33.8. The minimum Gasteiger partial charge on any atom is -0.492 e. The first-order valence-corrected chi connectivity index (χ1v) is 8.91. The van der Waals surface area contributed by atoms with E-state index in [9.17, 15) is 9.36 Å². The molecule has 1 aromatic rings. The van der Waals surface area contributed by atoms with Crippen molar-refractivity contribution in [3.8, 4) is 5.75 Å². The van der Waals surface area contributed by atoms with Gasteiger partial charge in [0.15, 0.2) is 5.66 Å². The van der Waals surface area contributed by atoms with Crippen molar-refractivity contribution in [2.24, 2.45) is 0 Å². The number of carbonyl (C=O) groups is 1. The number of para-hydroxylation sites is 1. The highest BCUT2D eigenvalue weighted by Gasteiger charge is 2.43. The fourth-order valence-electron chi connectivity index (χ4n) is 1.80. The first-order valence-electron chi connectivity index (χ1n) is 7.30. The van der Waals surface area contributed by atoms with Crippen LogP contribution in [0.2, 0.25) is 0 Å². The molecule has 0 spiro atoms. The van der Waals surface area contributed by atoms with Crippen LogP contribution in [0.5, 0.6) is 5.75 Å². The molecule has 0 N–H and O–H groups in total. The number of hydrogen-bond acceptors (Lipinski definition) is 6. The number of ether oxygens (including phenoxy) is 2. The van der Waals surface area contributed by atoms with Crippen LogP contribution in [-0.2, 0) is 23.1 Å². The summed E-state index contributed by atoms with van der Waals surface area (Å²) in [5, 5.41) is 0. The molecule has 0 bridgehead atoms. The Balaban J connectivity index is 2.90. The second-order valence-corrected chi connectivity index (χ2v) is 6.49. The summed E-state index contributed by atoms with van der Waals surface area (Å²) in [6, 6.07) is 8.95. The van der Waals surface area contributed by atoms with Gasteiger partial charge in [0, 0.05) is 0 Å². The van der Waals surface area contributed by atoms with Gasteiger partial charge in [-0.25, -0.2) is 0 Å². The van der Waals surface area contributed by atoms with Gasteiger partial charge in [0.25, 0.3) is 0 Å². The molecule has 1 atom stereocenters. The summed E-state index contributed by atoms with van der Waals surface area (Å²) in [6.45, 7) is 5.42. The van der Waals surface area contributed by atoms with Crippen molar-refractivity contribution in [2.75, 3.05) is 26.4 Å². The van der Waals surface area contributed by atoms with Crippen molar-refractivity contribution in [2.45, 2.75) is 26.4 Å². The summed E-state index contributed by atoms with van der Waals surface area (Å²) in [5.74, 6) is -0.0833. The Hall–Kier alpha value is -1.36. The third kappa shape index (κ3) is 5.44. The standard InChI is InChI=1S/C15H23O6P/c1-4-18-15(16)14(22(17,20-5-2)21-6-3)12-19-13-10-8-7-9-11-13/h7-11,14H,4-6,12H2,1-3H3. The molecule has 1 unspecified atom stereocenters. The Kier molecular flexibility index (Phi) is 8.17. The molecule has 0 aliphatic heterocycles. The van der Waals surface area contributed by atoms with E-state index in [2.05, 4.69) is 0 Å². The maximum atomic E-state index is 12.8. The monoisotopic (exact) mass is 330 g/mol. The van der Waals surface area contributed by atoms with E-state index >= 15 is 0 Å². The second kappa shape index (κ2) is 9.62. The number of esters is 1. The third-order valence-electron chi connectivity index (χ3n) is 2.71. The molecule has 7 heteroatoms. The summed E-state index contributed by atoms with van der Waals surface area (Å²) in [6.07, 6.45) is 0. The van der Waals surface area contributed by atoms with Crippen LogP contribution >= 0.6 is 7.60 Å². The van der Waals surface area contributed by atoms with Crippen molar-refractivity contribution in [1.29, 1.82) is 0 Å². The molecular weight excluding hydrogens is 307 g/mol. The van der Waals surface area contributed by atoms with Gasteiger partial charge < -0.3 is 18.5 Å². The molecule has 0 aromatic heterocycles. The molecule has 1 aromatic carbocycles. The van der Waals surface area contributed by atoms with Crippen molar-refractivity contribution in [3.05, 3.63) is 30.3 Å². The number of carbonyl (C=O) groups excluding carboxylic acids is 1. The van der Waals surface area contributed by atoms with Crippen molar-refractivity contribution in [3.63, 3.8) is 0 Å². The lowest BCUT2D eigenvalue weighted by Gasteiger charge is -2.24. The van der Waals surface area contributed by atoms with Gasteiger partial charge in [0.1, 0.15) is 12.4 Å². The minimum absolute atomic E-state index is 0.139. The molecule has 0 saturated carbocycles. The van der Waals surface area contributed by atoms with Gasteiger partial charge >= 0.3 is 13.6 Å². The zero-order valence-electron chi connectivity index (χ0n) is 13.2. The Bertz CT molecular complexity index is 480. The normalized spacial score (nSPS) is 12.7. The largest absolute Gasteiger partial charge is 0.492 e. The van der Waals surface area contributed by atoms with E-state index in [4.69, 9.17) is 18.5 Å². The zero-order chi connectivity index (χ0) is 16.4. The van der Waals surface area contributed by atoms with Crippen LogP contribution in [0.1, 0.15) is 20.8 Å². The highest BCUT2D eigenvalue weighted by Crippen LogP contribution is 2.53. The lowest BCUT2D eigenvalue weighted by molar-refractivity contribution is -0.143. The average molecular weight is 330 g/mol. The summed E-state index contributed by atoms with van der Waals surface area (Å²) >= 11 is 0. The van der Waals surface area contributed by atoms with E-state index in [0.29, 0.717) is 5.75 Å². The molecule has 1 rings (SSSR count). The smallest absolute Gasteiger partial charge is 0.348 e. The molecule has 0 radical (unpaired) electrons. The van der Waals surface area contributed by atoms with Crippen LogP contribution in [0.3, 0.4) is 0 Å². The van der Waals surface area contributed by atoms with Crippen LogP contribution < -0.4 is 4.74 Å². The Labute approximate surface area is 131 Å². The van der Waals surface area contributed by atoms with Crippen molar-refractivity contribution in [1.82, 2.24) is 0 Å².